The fraction of sp³-hybridized carbons (Fsp3) is 0.478. The Balaban J connectivity index is 1.37. The molecule has 3 heterocycles. The molecule has 1 aliphatic heterocycles. The van der Waals surface area contributed by atoms with Crippen LogP contribution in [0.1, 0.15) is 25.8 Å². The number of benzene rings is 1. The van der Waals surface area contributed by atoms with Crippen molar-refractivity contribution >= 4 is 32.7 Å². The van der Waals surface area contributed by atoms with Crippen LogP contribution in [-0.2, 0) is 17.8 Å². The Labute approximate surface area is 191 Å². The number of hydrogen-bond acceptors (Lipinski definition) is 7. The Morgan fingerprint density at radius 3 is 2.66 bits per heavy atom. The quantitative estimate of drug-likeness (QED) is 0.562. The van der Waals surface area contributed by atoms with Crippen LogP contribution in [0.2, 0.25) is 0 Å². The molecule has 8 nitrogen and oxygen atoms in total. The largest absolute Gasteiger partial charge is 0.352 e. The van der Waals surface area contributed by atoms with Gasteiger partial charge < -0.3 is 15.1 Å². The molecular weight excluding hydrogens is 424 g/mol. The van der Waals surface area contributed by atoms with Crippen molar-refractivity contribution < 1.29 is 4.79 Å². The first kappa shape index (κ1) is 22.4. The van der Waals surface area contributed by atoms with E-state index < -0.39 is 0 Å². The van der Waals surface area contributed by atoms with Crippen molar-refractivity contribution in [1.29, 1.82) is 0 Å². The van der Waals surface area contributed by atoms with Crippen molar-refractivity contribution in [3.05, 3.63) is 52.6 Å². The molecule has 1 fully saturated rings. The second-order valence-corrected chi connectivity index (χ2v) is 9.22. The number of thiazole rings is 1. The maximum absolute atomic E-state index is 12.9. The molecule has 170 valence electrons. The van der Waals surface area contributed by atoms with E-state index in [0.29, 0.717) is 10.3 Å². The zero-order valence-corrected chi connectivity index (χ0v) is 19.5. The number of nitrogens with zero attached hydrogens (tertiary/aromatic N) is 5. The summed E-state index contributed by atoms with van der Waals surface area (Å²) in [5, 5.41) is 3.82. The fourth-order valence-corrected chi connectivity index (χ4v) is 4.93. The highest BCUT2D eigenvalue weighted by atomic mass is 32.1. The number of carbonyl (C=O) groups is 1. The standard InChI is InChI=1S/C23H30N6O2S/c1-3-27-11-13-28(14-12-27)23-26-21-20(32-23)22(31)29(16-24-21)15-19(30)25-17(2)9-10-18-7-5-4-6-8-18/h4-8,16-17H,3,9-15H2,1-2H3,(H,25,30). The summed E-state index contributed by atoms with van der Waals surface area (Å²) in [7, 11) is 0. The lowest BCUT2D eigenvalue weighted by Crippen LogP contribution is -2.46. The van der Waals surface area contributed by atoms with Gasteiger partial charge in [0.2, 0.25) is 5.91 Å². The predicted octanol–water partition coefficient (Wildman–Crippen LogP) is 2.13. The molecule has 4 rings (SSSR count). The van der Waals surface area contributed by atoms with E-state index in [1.807, 2.05) is 25.1 Å². The Bertz CT molecular complexity index is 1100. The van der Waals surface area contributed by atoms with Crippen LogP contribution >= 0.6 is 11.3 Å². The minimum Gasteiger partial charge on any atom is -0.352 e. The molecule has 0 spiro atoms. The van der Waals surface area contributed by atoms with E-state index >= 15 is 0 Å². The number of piperazine rings is 1. The maximum atomic E-state index is 12.9. The molecular formula is C23H30N6O2S. The highest BCUT2D eigenvalue weighted by Gasteiger charge is 2.21. The summed E-state index contributed by atoms with van der Waals surface area (Å²) in [5.74, 6) is -0.186. The van der Waals surface area contributed by atoms with Crippen molar-refractivity contribution in [3.8, 4) is 0 Å². The molecule has 0 aliphatic carbocycles. The Kier molecular flexibility index (Phi) is 7.16. The summed E-state index contributed by atoms with van der Waals surface area (Å²) in [4.78, 5) is 39.0. The number of likely N-dealkylation sites (N-methyl/N-ethyl adjacent to an activating group) is 1. The Hall–Kier alpha value is -2.78. The van der Waals surface area contributed by atoms with Crippen LogP contribution in [0.15, 0.2) is 41.5 Å². The number of fused-ring (bicyclic) bond motifs is 1. The minimum atomic E-state index is -0.210. The summed E-state index contributed by atoms with van der Waals surface area (Å²) in [5.41, 5.74) is 1.50. The van der Waals surface area contributed by atoms with E-state index in [-0.39, 0.29) is 24.1 Å². The van der Waals surface area contributed by atoms with Crippen molar-refractivity contribution in [2.75, 3.05) is 37.6 Å². The van der Waals surface area contributed by atoms with Gasteiger partial charge in [-0.15, -0.1) is 0 Å². The van der Waals surface area contributed by atoms with Crippen LogP contribution in [0.3, 0.4) is 0 Å². The molecule has 0 saturated carbocycles. The average molecular weight is 455 g/mol. The summed E-state index contributed by atoms with van der Waals surface area (Å²) in [6.07, 6.45) is 3.16. The first-order valence-electron chi connectivity index (χ1n) is 11.2. The monoisotopic (exact) mass is 454 g/mol. The van der Waals surface area contributed by atoms with Crippen molar-refractivity contribution in [2.45, 2.75) is 39.3 Å². The van der Waals surface area contributed by atoms with Gasteiger partial charge >= 0.3 is 0 Å². The van der Waals surface area contributed by atoms with E-state index in [4.69, 9.17) is 0 Å². The van der Waals surface area contributed by atoms with Gasteiger partial charge in [-0.1, -0.05) is 48.6 Å². The first-order valence-corrected chi connectivity index (χ1v) is 12.0. The molecule has 1 aromatic carbocycles. The van der Waals surface area contributed by atoms with E-state index in [0.717, 1.165) is 50.7 Å². The number of carbonyl (C=O) groups excluding carboxylic acids is 1. The van der Waals surface area contributed by atoms with Crippen LogP contribution in [-0.4, -0.2) is 64.1 Å². The van der Waals surface area contributed by atoms with Gasteiger partial charge in [0, 0.05) is 32.2 Å². The molecule has 32 heavy (non-hydrogen) atoms. The number of aryl methyl sites for hydroxylation is 1. The highest BCUT2D eigenvalue weighted by Crippen LogP contribution is 2.26. The summed E-state index contributed by atoms with van der Waals surface area (Å²) >= 11 is 1.37. The van der Waals surface area contributed by atoms with E-state index in [1.165, 1.54) is 27.8 Å². The first-order chi connectivity index (χ1) is 15.5. The van der Waals surface area contributed by atoms with Crippen molar-refractivity contribution in [1.82, 2.24) is 24.8 Å². The van der Waals surface area contributed by atoms with Gasteiger partial charge in [-0.05, 0) is 31.9 Å². The summed E-state index contributed by atoms with van der Waals surface area (Å²) < 4.78 is 1.88. The molecule has 1 atom stereocenters. The molecule has 1 aliphatic rings. The molecule has 1 unspecified atom stereocenters. The van der Waals surface area contributed by atoms with Gasteiger partial charge in [-0.2, -0.15) is 4.98 Å². The number of anilines is 1. The van der Waals surface area contributed by atoms with E-state index in [9.17, 15) is 9.59 Å². The topological polar surface area (TPSA) is 83.4 Å². The number of amides is 1. The van der Waals surface area contributed by atoms with Crippen LogP contribution < -0.4 is 15.8 Å². The molecule has 0 radical (unpaired) electrons. The number of hydrogen-bond donors (Lipinski definition) is 1. The van der Waals surface area contributed by atoms with Crippen LogP contribution in [0.4, 0.5) is 5.13 Å². The van der Waals surface area contributed by atoms with Crippen molar-refractivity contribution in [3.63, 3.8) is 0 Å². The molecule has 1 saturated heterocycles. The predicted molar refractivity (Wildman–Crippen MR) is 128 cm³/mol. The summed E-state index contributed by atoms with van der Waals surface area (Å²) in [6, 6.07) is 10.2. The lowest BCUT2D eigenvalue weighted by atomic mass is 10.1. The van der Waals surface area contributed by atoms with Gasteiger partial charge in [-0.25, -0.2) is 4.98 Å². The number of aromatic nitrogens is 3. The van der Waals surface area contributed by atoms with E-state index in [1.54, 1.807) is 0 Å². The number of nitrogens with one attached hydrogen (secondary N) is 1. The lowest BCUT2D eigenvalue weighted by molar-refractivity contribution is -0.122. The van der Waals surface area contributed by atoms with Crippen LogP contribution in [0.25, 0.3) is 10.3 Å². The minimum absolute atomic E-state index is 0.0203. The van der Waals surface area contributed by atoms with Crippen LogP contribution in [0.5, 0.6) is 0 Å². The van der Waals surface area contributed by atoms with Crippen molar-refractivity contribution in [2.24, 2.45) is 0 Å². The molecule has 1 amide bonds. The molecule has 1 N–H and O–H groups in total. The third-order valence-electron chi connectivity index (χ3n) is 5.89. The molecule has 3 aromatic rings. The fourth-order valence-electron chi connectivity index (χ4n) is 3.91. The normalized spacial score (nSPS) is 15.8. The van der Waals surface area contributed by atoms with Gasteiger partial charge in [0.1, 0.15) is 17.6 Å². The smallest absolute Gasteiger partial charge is 0.273 e. The Morgan fingerprint density at radius 2 is 1.94 bits per heavy atom. The van der Waals surface area contributed by atoms with E-state index in [2.05, 4.69) is 44.1 Å². The van der Waals surface area contributed by atoms with Gasteiger partial charge in [0.15, 0.2) is 10.8 Å². The third-order valence-corrected chi connectivity index (χ3v) is 6.99. The maximum Gasteiger partial charge on any atom is 0.273 e. The second kappa shape index (κ2) is 10.2. The van der Waals surface area contributed by atoms with Gasteiger partial charge in [-0.3, -0.25) is 14.2 Å². The van der Waals surface area contributed by atoms with Gasteiger partial charge in [0.25, 0.3) is 5.56 Å². The number of rotatable bonds is 8. The summed E-state index contributed by atoms with van der Waals surface area (Å²) in [6.45, 7) is 8.93. The zero-order chi connectivity index (χ0) is 22.5. The van der Waals surface area contributed by atoms with Crippen LogP contribution in [0, 0.1) is 0 Å². The second-order valence-electron chi connectivity index (χ2n) is 8.24. The third kappa shape index (κ3) is 5.34. The Morgan fingerprint density at radius 1 is 1.19 bits per heavy atom. The highest BCUT2D eigenvalue weighted by molar-refractivity contribution is 7.22. The molecule has 2 aromatic heterocycles. The average Bonchev–Trinajstić information content (AvgIpc) is 3.25. The van der Waals surface area contributed by atoms with Gasteiger partial charge in [0.05, 0.1) is 0 Å². The molecule has 9 heteroatoms. The zero-order valence-electron chi connectivity index (χ0n) is 18.7. The molecule has 0 bridgehead atoms. The lowest BCUT2D eigenvalue weighted by Gasteiger charge is -2.33. The SMILES string of the molecule is CCN1CCN(c2nc3ncn(CC(=O)NC(C)CCc4ccccc4)c(=O)c3s2)CC1.